The number of Topliss-reactive ketones (excluding diaryl/α,β-unsaturated/α-hetero) is 1. The molecule has 0 radical (unpaired) electrons. The number of rotatable bonds is 11. The number of ether oxygens (including phenoxy) is 2. The molecular weight excluding hydrogens is 517 g/mol. The van der Waals surface area contributed by atoms with Gasteiger partial charge in [0, 0.05) is 12.5 Å². The first-order chi connectivity index (χ1) is 17.1. The van der Waals surface area contributed by atoms with Gasteiger partial charge in [-0.25, -0.2) is 0 Å². The van der Waals surface area contributed by atoms with Crippen molar-refractivity contribution < 1.29 is 28.9 Å². The largest absolute Gasteiger partial charge is 0.486 e. The number of nitrogens with zero attached hydrogens (tertiary/aromatic N) is 2. The Morgan fingerprint density at radius 1 is 0.861 bits per heavy atom. The van der Waals surface area contributed by atoms with Crippen LogP contribution in [-0.2, 0) is 9.59 Å². The number of benzene rings is 2. The lowest BCUT2D eigenvalue weighted by Crippen LogP contribution is -2.40. The van der Waals surface area contributed by atoms with Crippen molar-refractivity contribution in [3.05, 3.63) is 66.7 Å². The summed E-state index contributed by atoms with van der Waals surface area (Å²) in [5.74, 6) is 0.0444. The predicted molar refractivity (Wildman–Crippen MR) is 131 cm³/mol. The van der Waals surface area contributed by atoms with Gasteiger partial charge in [-0.15, -0.1) is 0 Å². The predicted octanol–water partition coefficient (Wildman–Crippen LogP) is 4.90. The molecular formula is C23H23Cl2N3O8. The van der Waals surface area contributed by atoms with Gasteiger partial charge in [-0.05, 0) is 55.9 Å². The first-order valence-corrected chi connectivity index (χ1v) is 11.8. The van der Waals surface area contributed by atoms with Crippen molar-refractivity contribution >= 4 is 46.3 Å². The lowest BCUT2D eigenvalue weighted by molar-refractivity contribution is -0.384. The monoisotopic (exact) mass is 539 g/mol. The molecule has 0 aromatic heterocycles. The molecule has 1 aliphatic carbocycles. The summed E-state index contributed by atoms with van der Waals surface area (Å²) >= 11 is 11.5. The maximum Gasteiger partial charge on any atom is 0.291 e. The standard InChI is InChI=1S/C23H23Cl2N3O8/c24-19-7-5-17(10-21(19)27(31)32)35-12-16(29)9-14-1-3-15(4-2-14)26-23(30)13-36-18-6-8-20(25)22(11-18)28(33)34/h5-8,10-11,14-15H,1-4,9,12-13H2,(H,26,30). The van der Waals surface area contributed by atoms with Crippen LogP contribution in [0.4, 0.5) is 11.4 Å². The molecule has 0 atom stereocenters. The van der Waals surface area contributed by atoms with Crippen LogP contribution in [0.15, 0.2) is 36.4 Å². The van der Waals surface area contributed by atoms with Crippen LogP contribution in [0, 0.1) is 26.1 Å². The van der Waals surface area contributed by atoms with E-state index in [1.54, 1.807) is 0 Å². The van der Waals surface area contributed by atoms with E-state index in [1.165, 1.54) is 30.3 Å². The van der Waals surface area contributed by atoms with Gasteiger partial charge < -0.3 is 14.8 Å². The molecule has 0 saturated heterocycles. The van der Waals surface area contributed by atoms with Crippen LogP contribution < -0.4 is 14.8 Å². The molecule has 1 aliphatic rings. The number of carbonyl (C=O) groups is 2. The van der Waals surface area contributed by atoms with Crippen LogP contribution >= 0.6 is 23.2 Å². The number of nitro groups is 2. The van der Waals surface area contributed by atoms with Crippen molar-refractivity contribution in [1.82, 2.24) is 5.32 Å². The number of nitro benzene ring substituents is 2. The molecule has 11 nitrogen and oxygen atoms in total. The number of ketones is 1. The Balaban J connectivity index is 1.37. The van der Waals surface area contributed by atoms with E-state index in [-0.39, 0.29) is 69.8 Å². The van der Waals surface area contributed by atoms with E-state index in [2.05, 4.69) is 5.32 Å². The Bertz CT molecular complexity index is 1060. The van der Waals surface area contributed by atoms with Gasteiger partial charge in [0.25, 0.3) is 17.3 Å². The highest BCUT2D eigenvalue weighted by atomic mass is 35.5. The molecule has 0 bridgehead atoms. The zero-order valence-corrected chi connectivity index (χ0v) is 20.5. The van der Waals surface area contributed by atoms with Gasteiger partial charge >= 0.3 is 0 Å². The number of halogens is 2. The highest BCUT2D eigenvalue weighted by Gasteiger charge is 2.25. The molecule has 3 rings (SSSR count). The average molecular weight is 540 g/mol. The van der Waals surface area contributed by atoms with Crippen LogP contribution in [0.1, 0.15) is 32.1 Å². The second kappa shape index (κ2) is 12.5. The molecule has 1 amide bonds. The summed E-state index contributed by atoms with van der Waals surface area (Å²) in [7, 11) is 0. The zero-order chi connectivity index (χ0) is 26.2. The van der Waals surface area contributed by atoms with E-state index < -0.39 is 9.85 Å². The van der Waals surface area contributed by atoms with Crippen LogP contribution in [0.5, 0.6) is 11.5 Å². The fourth-order valence-corrected chi connectivity index (χ4v) is 4.29. The molecule has 1 fully saturated rings. The van der Waals surface area contributed by atoms with Gasteiger partial charge in [-0.3, -0.25) is 29.8 Å². The van der Waals surface area contributed by atoms with E-state index in [9.17, 15) is 29.8 Å². The Morgan fingerprint density at radius 3 is 1.86 bits per heavy atom. The lowest BCUT2D eigenvalue weighted by Gasteiger charge is -2.28. The van der Waals surface area contributed by atoms with Crippen molar-refractivity contribution in [3.8, 4) is 11.5 Å². The average Bonchev–Trinajstić information content (AvgIpc) is 2.84. The second-order valence-corrected chi connectivity index (χ2v) is 9.16. The molecule has 192 valence electrons. The van der Waals surface area contributed by atoms with E-state index in [4.69, 9.17) is 32.7 Å². The Kier molecular flexibility index (Phi) is 9.43. The lowest BCUT2D eigenvalue weighted by atomic mass is 9.83. The highest BCUT2D eigenvalue weighted by molar-refractivity contribution is 6.33. The first kappa shape index (κ1) is 27.2. The summed E-state index contributed by atoms with van der Waals surface area (Å²) in [5.41, 5.74) is -0.593. The third-order valence-electron chi connectivity index (χ3n) is 5.73. The van der Waals surface area contributed by atoms with E-state index >= 15 is 0 Å². The molecule has 1 saturated carbocycles. The van der Waals surface area contributed by atoms with Gasteiger partial charge in [0.1, 0.15) is 28.2 Å². The fourth-order valence-electron chi connectivity index (χ4n) is 3.92. The smallest absolute Gasteiger partial charge is 0.291 e. The maximum absolute atomic E-state index is 12.3. The number of hydrogen-bond acceptors (Lipinski definition) is 8. The summed E-state index contributed by atoms with van der Waals surface area (Å²) in [6, 6.07) is 7.88. The summed E-state index contributed by atoms with van der Waals surface area (Å²) in [4.78, 5) is 45.2. The summed E-state index contributed by atoms with van der Waals surface area (Å²) in [5, 5.41) is 24.7. The Hall–Kier alpha value is -3.44. The van der Waals surface area contributed by atoms with Gasteiger partial charge in [0.15, 0.2) is 12.4 Å². The van der Waals surface area contributed by atoms with E-state index in [0.717, 1.165) is 18.9 Å². The summed E-state index contributed by atoms with van der Waals surface area (Å²) < 4.78 is 10.7. The van der Waals surface area contributed by atoms with Gasteiger partial charge in [-0.1, -0.05) is 23.2 Å². The normalized spacial score (nSPS) is 17.2. The summed E-state index contributed by atoms with van der Waals surface area (Å²) in [6.07, 6.45) is 3.19. The first-order valence-electron chi connectivity index (χ1n) is 11.1. The van der Waals surface area contributed by atoms with Crippen molar-refractivity contribution in [3.63, 3.8) is 0 Å². The van der Waals surface area contributed by atoms with Crippen LogP contribution in [0.2, 0.25) is 10.0 Å². The quantitative estimate of drug-likeness (QED) is 0.312. The number of amides is 1. The Labute approximate surface area is 216 Å². The molecule has 1 N–H and O–H groups in total. The van der Waals surface area contributed by atoms with Crippen molar-refractivity contribution in [2.45, 2.75) is 38.1 Å². The minimum absolute atomic E-state index is 0.0111. The molecule has 36 heavy (non-hydrogen) atoms. The molecule has 0 aliphatic heterocycles. The van der Waals surface area contributed by atoms with Gasteiger partial charge in [0.05, 0.1) is 22.0 Å². The topological polar surface area (TPSA) is 151 Å². The van der Waals surface area contributed by atoms with Crippen molar-refractivity contribution in [2.75, 3.05) is 13.2 Å². The SMILES string of the molecule is O=C(COc1ccc(Cl)c([N+](=O)[O-])c1)CC1CCC(NC(=O)COc2ccc(Cl)c([N+](=O)[O-])c2)CC1. The minimum atomic E-state index is -0.631. The van der Waals surface area contributed by atoms with Crippen molar-refractivity contribution in [1.29, 1.82) is 0 Å². The van der Waals surface area contributed by atoms with Crippen LogP contribution in [-0.4, -0.2) is 40.8 Å². The molecule has 0 spiro atoms. The third kappa shape index (κ3) is 7.79. The van der Waals surface area contributed by atoms with Crippen molar-refractivity contribution in [2.24, 2.45) is 5.92 Å². The van der Waals surface area contributed by atoms with E-state index in [1.807, 2.05) is 0 Å². The maximum atomic E-state index is 12.3. The molecule has 0 heterocycles. The van der Waals surface area contributed by atoms with E-state index in [0.29, 0.717) is 19.3 Å². The summed E-state index contributed by atoms with van der Waals surface area (Å²) in [6.45, 7) is -0.493. The van der Waals surface area contributed by atoms with Gasteiger partial charge in [0.2, 0.25) is 0 Å². The molecule has 2 aromatic carbocycles. The van der Waals surface area contributed by atoms with Crippen LogP contribution in [0.3, 0.4) is 0 Å². The minimum Gasteiger partial charge on any atom is -0.486 e. The molecule has 13 heteroatoms. The number of hydrogen-bond donors (Lipinski definition) is 1. The third-order valence-corrected chi connectivity index (χ3v) is 6.37. The number of nitrogens with one attached hydrogen (secondary N) is 1. The van der Waals surface area contributed by atoms with Gasteiger partial charge in [-0.2, -0.15) is 0 Å². The fraction of sp³-hybridized carbons (Fsp3) is 0.391. The number of carbonyl (C=O) groups excluding carboxylic acids is 2. The molecule has 2 aromatic rings. The van der Waals surface area contributed by atoms with Crippen LogP contribution in [0.25, 0.3) is 0 Å². The second-order valence-electron chi connectivity index (χ2n) is 8.35. The highest BCUT2D eigenvalue weighted by Crippen LogP contribution is 2.30. The Morgan fingerprint density at radius 2 is 1.36 bits per heavy atom. The molecule has 0 unspecified atom stereocenters. The zero-order valence-electron chi connectivity index (χ0n) is 19.0.